The molecule has 200 valence electrons. The van der Waals surface area contributed by atoms with Gasteiger partial charge in [0.05, 0.1) is 36.1 Å². The van der Waals surface area contributed by atoms with E-state index in [0.717, 1.165) is 18.4 Å². The van der Waals surface area contributed by atoms with E-state index in [0.29, 0.717) is 24.9 Å². The third-order valence-corrected chi connectivity index (χ3v) is 8.51. The van der Waals surface area contributed by atoms with Crippen LogP contribution in [0.25, 0.3) is 11.0 Å². The van der Waals surface area contributed by atoms with Crippen molar-refractivity contribution in [1.29, 1.82) is 0 Å². The number of amides is 3. The summed E-state index contributed by atoms with van der Waals surface area (Å²) in [6, 6.07) is 5.92. The molecule has 1 aromatic carbocycles. The first kappa shape index (κ1) is 25.6. The average Bonchev–Trinajstić information content (AvgIpc) is 3.66. The van der Waals surface area contributed by atoms with Crippen LogP contribution in [0.2, 0.25) is 0 Å². The lowest BCUT2D eigenvalue weighted by atomic mass is 9.70. The highest BCUT2D eigenvalue weighted by Gasteiger charge is 2.75. The van der Waals surface area contributed by atoms with E-state index in [1.807, 2.05) is 45.0 Å². The van der Waals surface area contributed by atoms with Gasteiger partial charge in [-0.15, -0.1) is 5.10 Å². The molecule has 2 unspecified atom stereocenters. The molecule has 3 saturated heterocycles. The lowest BCUT2D eigenvalue weighted by molar-refractivity contribution is -0.147. The molecule has 11 nitrogen and oxygen atoms in total. The van der Waals surface area contributed by atoms with E-state index in [-0.39, 0.29) is 36.9 Å². The maximum Gasteiger partial charge on any atom is 0.247 e. The standard InChI is InChI=1S/C26H36N6O5/c1-4-12-27-23(34)20-19-10-11-26(37-19)21(20)25(36)32(18(13-33)15(3)5-2)22(26)24(35)28-14-31-17-9-7-6-8-16(17)29-30-31/h6-9,15,18-22,33H,4-5,10-14H2,1-3H3,(H,27,34)(H,28,35)/t15-,18-,19-,20+,21-,22?,26?/m0/s1. The molecule has 3 amide bonds. The lowest BCUT2D eigenvalue weighted by Crippen LogP contribution is -2.59. The summed E-state index contributed by atoms with van der Waals surface area (Å²) in [4.78, 5) is 42.6. The predicted octanol–water partition coefficient (Wildman–Crippen LogP) is 0.813. The Morgan fingerprint density at radius 3 is 2.76 bits per heavy atom. The minimum Gasteiger partial charge on any atom is -0.394 e. The fourth-order valence-corrected chi connectivity index (χ4v) is 6.51. The van der Waals surface area contributed by atoms with Crippen LogP contribution in [-0.4, -0.2) is 79.7 Å². The van der Waals surface area contributed by atoms with Gasteiger partial charge in [-0.3, -0.25) is 14.4 Å². The zero-order chi connectivity index (χ0) is 26.3. The molecule has 37 heavy (non-hydrogen) atoms. The SMILES string of the molecule is CCCNC(=O)[C@@H]1[C@@H]2CCC3(O2)C(C(=O)NCn2nnc4ccccc42)N([C@@H](CO)[C@@H](C)CC)C(=O)[C@H]13. The van der Waals surface area contributed by atoms with Crippen LogP contribution in [-0.2, 0) is 25.8 Å². The molecule has 3 aliphatic heterocycles. The smallest absolute Gasteiger partial charge is 0.247 e. The van der Waals surface area contributed by atoms with Crippen LogP contribution in [0.5, 0.6) is 0 Å². The van der Waals surface area contributed by atoms with Crippen molar-refractivity contribution in [3.8, 4) is 0 Å². The van der Waals surface area contributed by atoms with Gasteiger partial charge in [0, 0.05) is 6.54 Å². The number of nitrogens with zero attached hydrogens (tertiary/aromatic N) is 4. The molecule has 1 spiro atoms. The van der Waals surface area contributed by atoms with Crippen molar-refractivity contribution in [2.24, 2.45) is 17.8 Å². The second-order valence-electron chi connectivity index (χ2n) is 10.5. The van der Waals surface area contributed by atoms with Crippen LogP contribution in [0, 0.1) is 17.8 Å². The number of para-hydroxylation sites is 1. The average molecular weight is 513 g/mol. The Morgan fingerprint density at radius 1 is 1.24 bits per heavy atom. The topological polar surface area (TPSA) is 139 Å². The molecule has 4 heterocycles. The molecule has 0 saturated carbocycles. The largest absolute Gasteiger partial charge is 0.394 e. The molecule has 3 N–H and O–H groups in total. The first-order valence-corrected chi connectivity index (χ1v) is 13.3. The van der Waals surface area contributed by atoms with Crippen molar-refractivity contribution in [3.63, 3.8) is 0 Å². The van der Waals surface area contributed by atoms with E-state index >= 15 is 0 Å². The number of aliphatic hydroxyl groups excluding tert-OH is 1. The normalized spacial score (nSPS) is 29.9. The zero-order valence-electron chi connectivity index (χ0n) is 21.6. The number of nitrogens with one attached hydrogen (secondary N) is 2. The fourth-order valence-electron chi connectivity index (χ4n) is 6.51. The number of hydrogen-bond donors (Lipinski definition) is 3. The van der Waals surface area contributed by atoms with Crippen molar-refractivity contribution < 1.29 is 24.2 Å². The van der Waals surface area contributed by atoms with Gasteiger partial charge >= 0.3 is 0 Å². The molecule has 11 heteroatoms. The van der Waals surface area contributed by atoms with Crippen LogP contribution in [0.4, 0.5) is 0 Å². The Hall–Kier alpha value is -3.05. The fraction of sp³-hybridized carbons (Fsp3) is 0.654. The third-order valence-electron chi connectivity index (χ3n) is 8.51. The van der Waals surface area contributed by atoms with Crippen LogP contribution >= 0.6 is 0 Å². The van der Waals surface area contributed by atoms with E-state index in [9.17, 15) is 19.5 Å². The highest BCUT2D eigenvalue weighted by molar-refractivity contribution is 5.99. The van der Waals surface area contributed by atoms with Gasteiger partial charge in [-0.1, -0.05) is 44.5 Å². The second kappa shape index (κ2) is 10.0. The highest BCUT2D eigenvalue weighted by atomic mass is 16.5. The summed E-state index contributed by atoms with van der Waals surface area (Å²) in [5.41, 5.74) is 0.381. The predicted molar refractivity (Wildman–Crippen MR) is 134 cm³/mol. The number of ether oxygens (including phenoxy) is 1. The molecule has 1 aromatic heterocycles. The summed E-state index contributed by atoms with van der Waals surface area (Å²) < 4.78 is 8.04. The number of rotatable bonds is 10. The van der Waals surface area contributed by atoms with E-state index in [1.165, 1.54) is 4.90 Å². The molecule has 0 radical (unpaired) electrons. The number of aromatic nitrogens is 3. The first-order chi connectivity index (χ1) is 17.9. The van der Waals surface area contributed by atoms with Gasteiger partial charge in [0.15, 0.2) is 0 Å². The first-order valence-electron chi connectivity index (χ1n) is 13.3. The number of fused-ring (bicyclic) bond motifs is 2. The molecule has 0 aliphatic carbocycles. The minimum atomic E-state index is -1.11. The van der Waals surface area contributed by atoms with Gasteiger partial charge in [0.1, 0.15) is 23.8 Å². The maximum atomic E-state index is 14.1. The summed E-state index contributed by atoms with van der Waals surface area (Å²) in [6.07, 6.45) is 2.20. The quantitative estimate of drug-likeness (QED) is 0.428. The summed E-state index contributed by atoms with van der Waals surface area (Å²) in [5, 5.41) is 24.5. The van der Waals surface area contributed by atoms with Crippen LogP contribution in [0.1, 0.15) is 46.5 Å². The van der Waals surface area contributed by atoms with Crippen LogP contribution in [0.3, 0.4) is 0 Å². The molecule has 3 aliphatic rings. The number of likely N-dealkylation sites (tertiary alicyclic amines) is 1. The Kier molecular flexibility index (Phi) is 6.93. The second-order valence-corrected chi connectivity index (χ2v) is 10.5. The number of hydrogen-bond acceptors (Lipinski definition) is 7. The number of aliphatic hydroxyl groups is 1. The zero-order valence-corrected chi connectivity index (χ0v) is 21.6. The van der Waals surface area contributed by atoms with Crippen LogP contribution in [0.15, 0.2) is 24.3 Å². The maximum absolute atomic E-state index is 14.1. The Labute approximate surface area is 215 Å². The molecule has 5 rings (SSSR count). The van der Waals surface area contributed by atoms with Crippen molar-refractivity contribution in [2.45, 2.75) is 76.9 Å². The van der Waals surface area contributed by atoms with E-state index in [2.05, 4.69) is 20.9 Å². The minimum absolute atomic E-state index is 0.0525. The van der Waals surface area contributed by atoms with Gasteiger partial charge in [0.2, 0.25) is 17.7 Å². The van der Waals surface area contributed by atoms with Crippen molar-refractivity contribution in [2.75, 3.05) is 13.2 Å². The van der Waals surface area contributed by atoms with Crippen molar-refractivity contribution in [1.82, 2.24) is 30.5 Å². The monoisotopic (exact) mass is 512 g/mol. The van der Waals surface area contributed by atoms with Crippen molar-refractivity contribution in [3.05, 3.63) is 24.3 Å². The number of carbonyl (C=O) groups is 3. The van der Waals surface area contributed by atoms with Gasteiger partial charge < -0.3 is 25.4 Å². The lowest BCUT2D eigenvalue weighted by Gasteiger charge is -2.38. The Bertz CT molecular complexity index is 1190. The third kappa shape index (κ3) is 3.99. The molecule has 2 aromatic rings. The van der Waals surface area contributed by atoms with E-state index < -0.39 is 35.6 Å². The summed E-state index contributed by atoms with van der Waals surface area (Å²) in [5.74, 6) is -2.33. The molecule has 7 atom stereocenters. The van der Waals surface area contributed by atoms with Gasteiger partial charge in [-0.2, -0.15) is 0 Å². The Morgan fingerprint density at radius 2 is 2.03 bits per heavy atom. The summed E-state index contributed by atoms with van der Waals surface area (Å²) in [7, 11) is 0. The van der Waals surface area contributed by atoms with Crippen molar-refractivity contribution >= 4 is 28.8 Å². The van der Waals surface area contributed by atoms with E-state index in [1.54, 1.807) is 4.68 Å². The van der Waals surface area contributed by atoms with Gasteiger partial charge in [-0.25, -0.2) is 4.68 Å². The Balaban J connectivity index is 1.48. The molecule has 3 fully saturated rings. The molecule has 2 bridgehead atoms. The number of carbonyl (C=O) groups excluding carboxylic acids is 3. The molecular formula is C26H36N6O5. The summed E-state index contributed by atoms with van der Waals surface area (Å²) in [6.45, 7) is 6.22. The van der Waals surface area contributed by atoms with Gasteiger partial charge in [-0.05, 0) is 37.3 Å². The summed E-state index contributed by atoms with van der Waals surface area (Å²) >= 11 is 0. The number of benzene rings is 1. The van der Waals surface area contributed by atoms with Crippen LogP contribution < -0.4 is 10.6 Å². The molecular weight excluding hydrogens is 476 g/mol. The van der Waals surface area contributed by atoms with E-state index in [4.69, 9.17) is 4.74 Å². The van der Waals surface area contributed by atoms with Gasteiger partial charge in [0.25, 0.3) is 0 Å². The highest BCUT2D eigenvalue weighted by Crippen LogP contribution is 2.59.